The minimum atomic E-state index is 0. The molecule has 0 amide bonds. The maximum atomic E-state index is 3.25. The maximum Gasteiger partial charge on any atom is 0 e. The molecule has 1 radical (unpaired) electrons. The van der Waals surface area contributed by atoms with Crippen LogP contribution in [0.3, 0.4) is 0 Å². The Kier molecular flexibility index (Phi) is 12.1. The van der Waals surface area contributed by atoms with E-state index < -0.39 is 0 Å². The van der Waals surface area contributed by atoms with Crippen LogP contribution in [0, 0.1) is 19.9 Å². The van der Waals surface area contributed by atoms with E-state index >= 15 is 0 Å². The van der Waals surface area contributed by atoms with Gasteiger partial charge in [0.05, 0.1) is 0 Å². The Bertz CT molecular complexity index is 135. The molecule has 53 valence electrons. The second-order valence-corrected chi connectivity index (χ2v) is 1.58. The molecule has 0 aliphatic carbocycles. The first kappa shape index (κ1) is 13.0. The monoisotopic (exact) mass is 209 g/mol. The largest absolute Gasteiger partial charge is 0.346 e. The summed E-state index contributed by atoms with van der Waals surface area (Å²) in [5.41, 5.74) is 1.29. The van der Waals surface area contributed by atoms with Crippen LogP contribution in [0.15, 0.2) is 24.3 Å². The van der Waals surface area contributed by atoms with Gasteiger partial charge in [0.15, 0.2) is 0 Å². The van der Waals surface area contributed by atoms with Crippen LogP contribution in [0.5, 0.6) is 0 Å². The van der Waals surface area contributed by atoms with Gasteiger partial charge in [0.1, 0.15) is 0 Å². The third-order valence-electron chi connectivity index (χ3n) is 0.885. The smallest absolute Gasteiger partial charge is 0 e. The van der Waals surface area contributed by atoms with Crippen molar-refractivity contribution in [3.63, 3.8) is 0 Å². The maximum absolute atomic E-state index is 3.25. The Morgan fingerprint density at radius 3 is 1.80 bits per heavy atom. The molecular weight excluding hydrogens is 197 g/mol. The van der Waals surface area contributed by atoms with Crippen LogP contribution < -0.4 is 0 Å². The normalized spacial score (nSPS) is 6.70. The summed E-state index contributed by atoms with van der Waals surface area (Å²) in [7, 11) is 0. The summed E-state index contributed by atoms with van der Waals surface area (Å²) in [6, 6.07) is 10.8. The summed E-state index contributed by atoms with van der Waals surface area (Å²) in [5.74, 6) is 0. The number of hydrogen-bond donors (Lipinski definition) is 0. The molecule has 0 unspecified atom stereocenters. The summed E-state index contributed by atoms with van der Waals surface area (Å²) >= 11 is 0. The number of aryl methyl sites for hydroxylation is 1. The van der Waals surface area contributed by atoms with Crippen molar-refractivity contribution in [1.29, 1.82) is 0 Å². The van der Waals surface area contributed by atoms with Crippen molar-refractivity contribution in [2.45, 2.75) is 13.8 Å². The van der Waals surface area contributed by atoms with Gasteiger partial charge in [-0.2, -0.15) is 42.8 Å². The Hall–Kier alpha value is 0.324. The first-order valence-electron chi connectivity index (χ1n) is 3.03. The van der Waals surface area contributed by atoms with Gasteiger partial charge in [-0.3, -0.25) is 0 Å². The molecule has 0 heterocycles. The first-order valence-corrected chi connectivity index (χ1v) is 3.03. The van der Waals surface area contributed by atoms with Crippen LogP contribution >= 0.6 is 0 Å². The van der Waals surface area contributed by atoms with Gasteiger partial charge in [0.2, 0.25) is 0 Å². The predicted octanol–water partition coefficient (Wildman–Crippen LogP) is 2.63. The molecular formula is C9H12Y-2. The zero-order valence-corrected chi connectivity index (χ0v) is 9.43. The summed E-state index contributed by atoms with van der Waals surface area (Å²) in [5, 5.41) is 0. The minimum Gasteiger partial charge on any atom is -0.346 e. The zero-order valence-electron chi connectivity index (χ0n) is 6.59. The average Bonchev–Trinajstić information content (AvgIpc) is 1.94. The van der Waals surface area contributed by atoms with E-state index in [-0.39, 0.29) is 32.7 Å². The predicted molar refractivity (Wildman–Crippen MR) is 41.0 cm³/mol. The van der Waals surface area contributed by atoms with E-state index in [0.717, 1.165) is 0 Å². The molecule has 0 bridgehead atoms. The van der Waals surface area contributed by atoms with Gasteiger partial charge < -0.3 is 6.92 Å². The average molecular weight is 209 g/mol. The van der Waals surface area contributed by atoms with E-state index in [9.17, 15) is 0 Å². The van der Waals surface area contributed by atoms with Gasteiger partial charge in [0, 0.05) is 32.7 Å². The second-order valence-electron chi connectivity index (χ2n) is 1.58. The fourth-order valence-corrected chi connectivity index (χ4v) is 0.470. The molecule has 0 atom stereocenters. The van der Waals surface area contributed by atoms with E-state index in [4.69, 9.17) is 0 Å². The van der Waals surface area contributed by atoms with Gasteiger partial charge in [-0.1, -0.05) is 6.92 Å². The fourth-order valence-electron chi connectivity index (χ4n) is 0.470. The van der Waals surface area contributed by atoms with Crippen LogP contribution in [-0.4, -0.2) is 0 Å². The van der Waals surface area contributed by atoms with Crippen molar-refractivity contribution in [1.82, 2.24) is 0 Å². The van der Waals surface area contributed by atoms with Crippen LogP contribution in [0.2, 0.25) is 0 Å². The molecule has 1 aromatic carbocycles. The van der Waals surface area contributed by atoms with Gasteiger partial charge in [-0.05, 0) is 0 Å². The minimum absolute atomic E-state index is 0. The quantitative estimate of drug-likeness (QED) is 0.576. The molecule has 0 nitrogen and oxygen atoms in total. The van der Waals surface area contributed by atoms with E-state index in [1.54, 1.807) is 6.92 Å². The summed E-state index contributed by atoms with van der Waals surface area (Å²) < 4.78 is 0. The van der Waals surface area contributed by atoms with Crippen molar-refractivity contribution in [2.24, 2.45) is 0 Å². The fraction of sp³-hybridized carbons (Fsp3) is 0.222. The first-order chi connectivity index (χ1) is 4.39. The van der Waals surface area contributed by atoms with Crippen LogP contribution in [0.25, 0.3) is 0 Å². The van der Waals surface area contributed by atoms with Crippen LogP contribution in [0.4, 0.5) is 0 Å². The Morgan fingerprint density at radius 1 is 1.20 bits per heavy atom. The molecule has 0 aliphatic rings. The number of hydrogen-bond acceptors (Lipinski definition) is 0. The molecule has 0 saturated heterocycles. The Balaban J connectivity index is 0. The molecule has 0 spiro atoms. The van der Waals surface area contributed by atoms with E-state index in [2.05, 4.69) is 19.9 Å². The third kappa shape index (κ3) is 6.44. The topological polar surface area (TPSA) is 0 Å². The molecule has 0 fully saturated rings. The second kappa shape index (κ2) is 9.32. The SMILES string of the molecule is Cc1cc[c-]cc1.[CH2-]C.[Y]. The van der Waals surface area contributed by atoms with E-state index in [0.29, 0.717) is 0 Å². The van der Waals surface area contributed by atoms with Gasteiger partial charge >= 0.3 is 0 Å². The molecule has 0 aromatic heterocycles. The standard InChI is InChI=1S/C7H7.C2H5.Y/c1-7-5-3-2-4-6-7;1-2;/h3-6H,1H3;1H2,2H3;/q2*-1;. The molecule has 1 heteroatoms. The molecule has 0 N–H and O–H groups in total. The van der Waals surface area contributed by atoms with Crippen molar-refractivity contribution in [2.75, 3.05) is 0 Å². The van der Waals surface area contributed by atoms with Crippen LogP contribution in [-0.2, 0) is 32.7 Å². The number of rotatable bonds is 0. The van der Waals surface area contributed by atoms with Gasteiger partial charge in [-0.25, -0.2) is 0 Å². The van der Waals surface area contributed by atoms with Crippen molar-refractivity contribution in [3.8, 4) is 0 Å². The van der Waals surface area contributed by atoms with E-state index in [1.807, 2.05) is 24.3 Å². The van der Waals surface area contributed by atoms with Crippen molar-refractivity contribution in [3.05, 3.63) is 42.8 Å². The van der Waals surface area contributed by atoms with Crippen LogP contribution in [0.1, 0.15) is 12.5 Å². The Morgan fingerprint density at radius 2 is 1.60 bits per heavy atom. The molecule has 0 aliphatic heterocycles. The molecule has 1 rings (SSSR count). The summed E-state index contributed by atoms with van der Waals surface area (Å²) in [6.45, 7) is 7.06. The molecule has 1 aromatic rings. The van der Waals surface area contributed by atoms with Gasteiger partial charge in [-0.15, -0.1) is 0 Å². The Labute approximate surface area is 88.9 Å². The van der Waals surface area contributed by atoms with Crippen molar-refractivity contribution < 1.29 is 32.7 Å². The van der Waals surface area contributed by atoms with Crippen molar-refractivity contribution >= 4 is 0 Å². The molecule has 10 heavy (non-hydrogen) atoms. The number of benzene rings is 1. The molecule has 0 saturated carbocycles. The summed E-state index contributed by atoms with van der Waals surface area (Å²) in [4.78, 5) is 0. The zero-order chi connectivity index (χ0) is 7.11. The summed E-state index contributed by atoms with van der Waals surface area (Å²) in [6.07, 6.45) is 0. The van der Waals surface area contributed by atoms with Gasteiger partial charge in [0.25, 0.3) is 0 Å². The third-order valence-corrected chi connectivity index (χ3v) is 0.885. The van der Waals surface area contributed by atoms with E-state index in [1.165, 1.54) is 5.56 Å².